The molecule has 0 spiro atoms. The van der Waals surface area contributed by atoms with Gasteiger partial charge in [-0.15, -0.1) is 0 Å². The molecule has 0 aliphatic carbocycles. The number of carbonyl (C=O) groups is 1. The van der Waals surface area contributed by atoms with E-state index >= 15 is 0 Å². The van der Waals surface area contributed by atoms with E-state index in [-0.39, 0.29) is 24.6 Å². The SMILES string of the molecule is CC(C)OCCOC(=O)[C@H](N)C(C)C. The van der Waals surface area contributed by atoms with Crippen molar-refractivity contribution in [2.75, 3.05) is 13.2 Å². The van der Waals surface area contributed by atoms with Gasteiger partial charge in [0.15, 0.2) is 0 Å². The Morgan fingerprint density at radius 3 is 2.21 bits per heavy atom. The van der Waals surface area contributed by atoms with Crippen LogP contribution >= 0.6 is 0 Å². The van der Waals surface area contributed by atoms with E-state index in [1.54, 1.807) is 0 Å². The predicted molar refractivity (Wildman–Crippen MR) is 54.9 cm³/mol. The molecule has 0 unspecified atom stereocenters. The smallest absolute Gasteiger partial charge is 0.323 e. The Morgan fingerprint density at radius 2 is 1.79 bits per heavy atom. The van der Waals surface area contributed by atoms with Crippen LogP contribution in [0.15, 0.2) is 0 Å². The Hall–Kier alpha value is -0.610. The molecule has 1 atom stereocenters. The lowest BCUT2D eigenvalue weighted by Gasteiger charge is -2.14. The maximum absolute atomic E-state index is 11.2. The van der Waals surface area contributed by atoms with Crippen molar-refractivity contribution in [1.82, 2.24) is 0 Å². The average molecular weight is 203 g/mol. The Balaban J connectivity index is 3.54. The molecule has 0 heterocycles. The predicted octanol–water partition coefficient (Wildman–Crippen LogP) is 0.938. The molecule has 0 saturated heterocycles. The summed E-state index contributed by atoms with van der Waals surface area (Å²) in [5.74, 6) is -0.249. The van der Waals surface area contributed by atoms with Crippen molar-refractivity contribution >= 4 is 5.97 Å². The van der Waals surface area contributed by atoms with Gasteiger partial charge in [0.25, 0.3) is 0 Å². The summed E-state index contributed by atoms with van der Waals surface area (Å²) in [6.07, 6.45) is 0.160. The quantitative estimate of drug-likeness (QED) is 0.515. The van der Waals surface area contributed by atoms with E-state index in [1.165, 1.54) is 0 Å². The van der Waals surface area contributed by atoms with Gasteiger partial charge < -0.3 is 15.2 Å². The Bertz CT molecular complexity index is 169. The number of rotatable bonds is 6. The molecule has 0 radical (unpaired) electrons. The normalized spacial score (nSPS) is 13.4. The molecule has 84 valence electrons. The van der Waals surface area contributed by atoms with Crippen molar-refractivity contribution in [3.63, 3.8) is 0 Å². The van der Waals surface area contributed by atoms with Gasteiger partial charge in [-0.2, -0.15) is 0 Å². The second-order valence-corrected chi connectivity index (χ2v) is 3.86. The monoisotopic (exact) mass is 203 g/mol. The van der Waals surface area contributed by atoms with E-state index in [0.717, 1.165) is 0 Å². The maximum atomic E-state index is 11.2. The highest BCUT2D eigenvalue weighted by molar-refractivity contribution is 5.75. The topological polar surface area (TPSA) is 61.5 Å². The molecule has 14 heavy (non-hydrogen) atoms. The average Bonchev–Trinajstić information content (AvgIpc) is 2.10. The van der Waals surface area contributed by atoms with Gasteiger partial charge in [-0.05, 0) is 19.8 Å². The molecule has 0 aromatic carbocycles. The van der Waals surface area contributed by atoms with E-state index in [0.29, 0.717) is 6.61 Å². The number of hydrogen-bond acceptors (Lipinski definition) is 4. The molecular weight excluding hydrogens is 182 g/mol. The zero-order chi connectivity index (χ0) is 11.1. The summed E-state index contributed by atoms with van der Waals surface area (Å²) in [6.45, 7) is 8.34. The molecule has 0 rings (SSSR count). The fourth-order valence-corrected chi connectivity index (χ4v) is 0.794. The first-order chi connectivity index (χ1) is 6.45. The van der Waals surface area contributed by atoms with Gasteiger partial charge in [0.2, 0.25) is 0 Å². The highest BCUT2D eigenvalue weighted by Gasteiger charge is 2.18. The van der Waals surface area contributed by atoms with Crippen molar-refractivity contribution in [3.05, 3.63) is 0 Å². The van der Waals surface area contributed by atoms with Gasteiger partial charge in [-0.1, -0.05) is 13.8 Å². The fraction of sp³-hybridized carbons (Fsp3) is 0.900. The summed E-state index contributed by atoms with van der Waals surface area (Å²) in [7, 11) is 0. The molecule has 0 aliphatic heterocycles. The highest BCUT2D eigenvalue weighted by Crippen LogP contribution is 2.00. The lowest BCUT2D eigenvalue weighted by Crippen LogP contribution is -2.37. The van der Waals surface area contributed by atoms with Crippen LogP contribution in [0.2, 0.25) is 0 Å². The first-order valence-corrected chi connectivity index (χ1v) is 4.99. The number of carbonyl (C=O) groups excluding carboxylic acids is 1. The fourth-order valence-electron chi connectivity index (χ4n) is 0.794. The molecule has 0 aliphatic rings. The van der Waals surface area contributed by atoms with Crippen molar-refractivity contribution in [1.29, 1.82) is 0 Å². The summed E-state index contributed by atoms with van der Waals surface area (Å²) in [6, 6.07) is -0.533. The molecule has 4 nitrogen and oxygen atoms in total. The molecule has 0 saturated carbocycles. The summed E-state index contributed by atoms with van der Waals surface area (Å²) >= 11 is 0. The number of nitrogens with two attached hydrogens (primary N) is 1. The number of ether oxygens (including phenoxy) is 2. The molecule has 0 aromatic rings. The third kappa shape index (κ3) is 5.94. The maximum Gasteiger partial charge on any atom is 0.323 e. The van der Waals surface area contributed by atoms with Crippen LogP contribution in [0.25, 0.3) is 0 Å². The van der Waals surface area contributed by atoms with Crippen LogP contribution in [0.5, 0.6) is 0 Å². The zero-order valence-corrected chi connectivity index (χ0v) is 9.45. The van der Waals surface area contributed by atoms with Crippen LogP contribution in [-0.2, 0) is 14.3 Å². The third-order valence-corrected chi connectivity index (χ3v) is 1.77. The van der Waals surface area contributed by atoms with E-state index in [1.807, 2.05) is 27.7 Å². The van der Waals surface area contributed by atoms with Gasteiger partial charge >= 0.3 is 5.97 Å². The Kier molecular flexibility index (Phi) is 6.49. The molecule has 0 bridgehead atoms. The zero-order valence-electron chi connectivity index (χ0n) is 9.45. The molecule has 4 heteroatoms. The van der Waals surface area contributed by atoms with Crippen LogP contribution in [0.3, 0.4) is 0 Å². The summed E-state index contributed by atoms with van der Waals surface area (Å²) in [5.41, 5.74) is 5.59. The number of esters is 1. The third-order valence-electron chi connectivity index (χ3n) is 1.77. The van der Waals surface area contributed by atoms with Crippen molar-refractivity contribution < 1.29 is 14.3 Å². The van der Waals surface area contributed by atoms with E-state index in [2.05, 4.69) is 0 Å². The molecule has 0 aromatic heterocycles. The molecular formula is C10H21NO3. The van der Waals surface area contributed by atoms with Gasteiger partial charge in [-0.25, -0.2) is 0 Å². The van der Waals surface area contributed by atoms with E-state index in [9.17, 15) is 4.79 Å². The van der Waals surface area contributed by atoms with Crippen molar-refractivity contribution in [2.24, 2.45) is 11.7 Å². The van der Waals surface area contributed by atoms with Crippen LogP contribution in [-0.4, -0.2) is 31.3 Å². The number of hydrogen-bond donors (Lipinski definition) is 1. The van der Waals surface area contributed by atoms with E-state index in [4.69, 9.17) is 15.2 Å². The highest BCUT2D eigenvalue weighted by atomic mass is 16.6. The summed E-state index contributed by atoms with van der Waals surface area (Å²) in [5, 5.41) is 0. The van der Waals surface area contributed by atoms with Gasteiger partial charge in [-0.3, -0.25) is 4.79 Å². The second kappa shape index (κ2) is 6.79. The minimum Gasteiger partial charge on any atom is -0.462 e. The molecule has 0 amide bonds. The van der Waals surface area contributed by atoms with Crippen molar-refractivity contribution in [3.8, 4) is 0 Å². The summed E-state index contributed by atoms with van der Waals surface area (Å²) < 4.78 is 10.1. The minimum atomic E-state index is -0.533. The molecule has 0 fully saturated rings. The second-order valence-electron chi connectivity index (χ2n) is 3.86. The first-order valence-electron chi connectivity index (χ1n) is 4.99. The Labute approximate surface area is 85.8 Å². The largest absolute Gasteiger partial charge is 0.462 e. The van der Waals surface area contributed by atoms with Crippen molar-refractivity contribution in [2.45, 2.75) is 39.8 Å². The lowest BCUT2D eigenvalue weighted by molar-refractivity contribution is -0.148. The first kappa shape index (κ1) is 13.4. The van der Waals surface area contributed by atoms with Gasteiger partial charge in [0.05, 0.1) is 12.7 Å². The van der Waals surface area contributed by atoms with Crippen LogP contribution < -0.4 is 5.73 Å². The van der Waals surface area contributed by atoms with Crippen LogP contribution in [0.1, 0.15) is 27.7 Å². The minimum absolute atomic E-state index is 0.105. The van der Waals surface area contributed by atoms with Gasteiger partial charge in [0, 0.05) is 0 Å². The summed E-state index contributed by atoms with van der Waals surface area (Å²) in [4.78, 5) is 11.2. The lowest BCUT2D eigenvalue weighted by atomic mass is 10.1. The van der Waals surface area contributed by atoms with Crippen LogP contribution in [0.4, 0.5) is 0 Å². The van der Waals surface area contributed by atoms with E-state index < -0.39 is 6.04 Å². The van der Waals surface area contributed by atoms with Crippen LogP contribution in [0, 0.1) is 5.92 Å². The molecule has 2 N–H and O–H groups in total. The Morgan fingerprint density at radius 1 is 1.21 bits per heavy atom. The standard InChI is InChI=1S/C10H21NO3/c1-7(2)9(11)10(12)14-6-5-13-8(3)4/h7-9H,5-6,11H2,1-4H3/t9-/m1/s1. The van der Waals surface area contributed by atoms with Gasteiger partial charge in [0.1, 0.15) is 12.6 Å².